The lowest BCUT2D eigenvalue weighted by atomic mass is 10.2. The van der Waals surface area contributed by atoms with Gasteiger partial charge in [-0.05, 0) is 12.8 Å². The zero-order valence-electron chi connectivity index (χ0n) is 12.1. The second kappa shape index (κ2) is 6.31. The van der Waals surface area contributed by atoms with E-state index in [1.54, 1.807) is 0 Å². The van der Waals surface area contributed by atoms with Gasteiger partial charge in [0.2, 0.25) is 5.91 Å². The largest absolute Gasteiger partial charge is 0.354 e. The third kappa shape index (κ3) is 3.66. The van der Waals surface area contributed by atoms with Crippen molar-refractivity contribution < 1.29 is 9.59 Å². The van der Waals surface area contributed by atoms with Crippen LogP contribution in [-0.4, -0.2) is 27.4 Å². The van der Waals surface area contributed by atoms with Crippen LogP contribution < -0.4 is 16.6 Å². The SMILES string of the molecule is CC(=O)c1cn(CC(=O)NCC(C)C)c(=O)n(C)c1=O. The van der Waals surface area contributed by atoms with Crippen molar-refractivity contribution in [1.29, 1.82) is 0 Å². The van der Waals surface area contributed by atoms with Gasteiger partial charge in [0.1, 0.15) is 6.54 Å². The fourth-order valence-corrected chi connectivity index (χ4v) is 1.61. The average Bonchev–Trinajstić information content (AvgIpc) is 2.36. The van der Waals surface area contributed by atoms with E-state index in [1.165, 1.54) is 14.0 Å². The van der Waals surface area contributed by atoms with Crippen molar-refractivity contribution in [1.82, 2.24) is 14.5 Å². The molecule has 7 nitrogen and oxygen atoms in total. The molecule has 1 heterocycles. The maximum atomic E-state index is 11.9. The van der Waals surface area contributed by atoms with Crippen LogP contribution in [0, 0.1) is 5.92 Å². The van der Waals surface area contributed by atoms with Crippen molar-refractivity contribution in [2.45, 2.75) is 27.3 Å². The summed E-state index contributed by atoms with van der Waals surface area (Å²) in [6.07, 6.45) is 1.14. The molecule has 0 aliphatic heterocycles. The van der Waals surface area contributed by atoms with Gasteiger partial charge >= 0.3 is 5.69 Å². The van der Waals surface area contributed by atoms with E-state index in [0.29, 0.717) is 12.5 Å². The van der Waals surface area contributed by atoms with Crippen molar-refractivity contribution in [3.05, 3.63) is 32.6 Å². The molecule has 0 aromatic carbocycles. The third-order valence-electron chi connectivity index (χ3n) is 2.75. The quantitative estimate of drug-likeness (QED) is 0.738. The lowest BCUT2D eigenvalue weighted by Gasteiger charge is -2.11. The summed E-state index contributed by atoms with van der Waals surface area (Å²) < 4.78 is 1.89. The number of hydrogen-bond donors (Lipinski definition) is 1. The van der Waals surface area contributed by atoms with E-state index in [1.807, 2.05) is 13.8 Å². The van der Waals surface area contributed by atoms with Crippen LogP contribution in [0.15, 0.2) is 15.8 Å². The molecule has 0 unspecified atom stereocenters. The fraction of sp³-hybridized carbons (Fsp3) is 0.538. The Balaban J connectivity index is 3.08. The molecule has 7 heteroatoms. The van der Waals surface area contributed by atoms with Crippen LogP contribution in [0.3, 0.4) is 0 Å². The van der Waals surface area contributed by atoms with Gasteiger partial charge in [-0.25, -0.2) is 4.79 Å². The Labute approximate surface area is 116 Å². The van der Waals surface area contributed by atoms with Gasteiger partial charge in [0.15, 0.2) is 5.78 Å². The first-order valence-electron chi connectivity index (χ1n) is 6.32. The predicted molar refractivity (Wildman–Crippen MR) is 73.8 cm³/mol. The van der Waals surface area contributed by atoms with Gasteiger partial charge in [-0.15, -0.1) is 0 Å². The van der Waals surface area contributed by atoms with Gasteiger partial charge in [-0.3, -0.25) is 23.5 Å². The topological polar surface area (TPSA) is 90.2 Å². The molecule has 1 aromatic rings. The summed E-state index contributed by atoms with van der Waals surface area (Å²) in [4.78, 5) is 46.6. The summed E-state index contributed by atoms with van der Waals surface area (Å²) in [5.41, 5.74) is -1.38. The zero-order chi connectivity index (χ0) is 15.4. The van der Waals surface area contributed by atoms with Gasteiger partial charge in [0.25, 0.3) is 5.56 Å². The summed E-state index contributed by atoms with van der Waals surface area (Å²) in [7, 11) is 1.28. The predicted octanol–water partition coefficient (Wildman–Crippen LogP) is -0.478. The number of ketones is 1. The number of amides is 1. The summed E-state index contributed by atoms with van der Waals surface area (Å²) in [5.74, 6) is -0.487. The van der Waals surface area contributed by atoms with E-state index in [4.69, 9.17) is 0 Å². The number of nitrogens with one attached hydrogen (secondary N) is 1. The lowest BCUT2D eigenvalue weighted by Crippen LogP contribution is -2.43. The molecule has 0 fully saturated rings. The van der Waals surface area contributed by atoms with Crippen LogP contribution in [0.5, 0.6) is 0 Å². The summed E-state index contributed by atoms with van der Waals surface area (Å²) in [6.45, 7) is 5.42. The lowest BCUT2D eigenvalue weighted by molar-refractivity contribution is -0.121. The Hall–Kier alpha value is -2.18. The highest BCUT2D eigenvalue weighted by molar-refractivity contribution is 5.93. The third-order valence-corrected chi connectivity index (χ3v) is 2.75. The Morgan fingerprint density at radius 2 is 1.90 bits per heavy atom. The van der Waals surface area contributed by atoms with E-state index in [-0.39, 0.29) is 18.0 Å². The van der Waals surface area contributed by atoms with Crippen LogP contribution in [0.4, 0.5) is 0 Å². The number of rotatable bonds is 5. The van der Waals surface area contributed by atoms with E-state index < -0.39 is 17.0 Å². The highest BCUT2D eigenvalue weighted by atomic mass is 16.2. The highest BCUT2D eigenvalue weighted by Gasteiger charge is 2.14. The molecule has 1 rings (SSSR count). The van der Waals surface area contributed by atoms with Crippen molar-refractivity contribution in [2.24, 2.45) is 13.0 Å². The minimum absolute atomic E-state index is 0.108. The van der Waals surface area contributed by atoms with Crippen molar-refractivity contribution >= 4 is 11.7 Å². The molecule has 0 aliphatic rings. The van der Waals surface area contributed by atoms with Gasteiger partial charge in [0.05, 0.1) is 5.56 Å². The normalized spacial score (nSPS) is 10.7. The molecule has 0 saturated carbocycles. The molecule has 0 aliphatic carbocycles. The van der Waals surface area contributed by atoms with Crippen molar-refractivity contribution in [3.63, 3.8) is 0 Å². The first-order valence-corrected chi connectivity index (χ1v) is 6.32. The first kappa shape index (κ1) is 15.9. The number of nitrogens with zero attached hydrogens (tertiary/aromatic N) is 2. The maximum Gasteiger partial charge on any atom is 0.331 e. The number of aromatic nitrogens is 2. The minimum Gasteiger partial charge on any atom is -0.354 e. The molecular formula is C13H19N3O4. The van der Waals surface area contributed by atoms with Crippen LogP contribution in [0.25, 0.3) is 0 Å². The van der Waals surface area contributed by atoms with Crippen LogP contribution in [-0.2, 0) is 18.4 Å². The van der Waals surface area contributed by atoms with Gasteiger partial charge in [-0.2, -0.15) is 0 Å². The Bertz CT molecular complexity index is 640. The average molecular weight is 281 g/mol. The van der Waals surface area contributed by atoms with Crippen LogP contribution in [0.2, 0.25) is 0 Å². The molecule has 1 N–H and O–H groups in total. The minimum atomic E-state index is -0.652. The molecule has 0 saturated heterocycles. The van der Waals surface area contributed by atoms with Gasteiger partial charge < -0.3 is 5.32 Å². The molecule has 0 spiro atoms. The Kier molecular flexibility index (Phi) is 5.01. The second-order valence-electron chi connectivity index (χ2n) is 5.07. The Morgan fingerprint density at radius 3 is 2.40 bits per heavy atom. The van der Waals surface area contributed by atoms with Crippen molar-refractivity contribution in [3.8, 4) is 0 Å². The molecule has 110 valence electrons. The molecule has 1 aromatic heterocycles. The standard InChI is InChI=1S/C13H19N3O4/c1-8(2)5-14-11(18)7-16-6-10(9(3)17)12(19)15(4)13(16)20/h6,8H,5,7H2,1-4H3,(H,14,18). The van der Waals surface area contributed by atoms with E-state index in [2.05, 4.69) is 5.32 Å². The van der Waals surface area contributed by atoms with Gasteiger partial charge in [0, 0.05) is 19.8 Å². The maximum absolute atomic E-state index is 11.9. The highest BCUT2D eigenvalue weighted by Crippen LogP contribution is 1.92. The molecule has 20 heavy (non-hydrogen) atoms. The van der Waals surface area contributed by atoms with E-state index in [0.717, 1.165) is 15.3 Å². The van der Waals surface area contributed by atoms with Crippen LogP contribution in [0.1, 0.15) is 31.1 Å². The number of carbonyl (C=O) groups is 2. The molecule has 1 amide bonds. The number of Topliss-reactive ketones (excluding diaryl/α,β-unsaturated/α-hetero) is 1. The second-order valence-corrected chi connectivity index (χ2v) is 5.07. The van der Waals surface area contributed by atoms with E-state index >= 15 is 0 Å². The smallest absolute Gasteiger partial charge is 0.331 e. The summed E-state index contributed by atoms with van der Waals surface area (Å²) >= 11 is 0. The van der Waals surface area contributed by atoms with Gasteiger partial charge in [-0.1, -0.05) is 13.8 Å². The Morgan fingerprint density at radius 1 is 1.30 bits per heavy atom. The first-order chi connectivity index (χ1) is 9.23. The molecule has 0 atom stereocenters. The molecular weight excluding hydrogens is 262 g/mol. The number of hydrogen-bond acceptors (Lipinski definition) is 4. The van der Waals surface area contributed by atoms with Crippen molar-refractivity contribution in [2.75, 3.05) is 6.54 Å². The van der Waals surface area contributed by atoms with Crippen LogP contribution >= 0.6 is 0 Å². The molecule has 0 bridgehead atoms. The molecule has 0 radical (unpaired) electrons. The monoisotopic (exact) mass is 281 g/mol. The number of carbonyl (C=O) groups excluding carboxylic acids is 2. The summed E-state index contributed by atoms with van der Waals surface area (Å²) in [5, 5.41) is 2.67. The van der Waals surface area contributed by atoms with E-state index in [9.17, 15) is 19.2 Å². The zero-order valence-corrected chi connectivity index (χ0v) is 12.1. The summed E-state index contributed by atoms with van der Waals surface area (Å²) in [6, 6.07) is 0. The fourth-order valence-electron chi connectivity index (χ4n) is 1.61.